The lowest BCUT2D eigenvalue weighted by Crippen LogP contribution is -2.57. The average Bonchev–Trinajstić information content (AvgIpc) is 3.14. The molecule has 3 aliphatic rings. The van der Waals surface area contributed by atoms with Gasteiger partial charge in [-0.1, -0.05) is 13.8 Å². The van der Waals surface area contributed by atoms with Gasteiger partial charge in [0.15, 0.2) is 6.39 Å². The maximum atomic E-state index is 12.7. The summed E-state index contributed by atoms with van der Waals surface area (Å²) in [6.07, 6.45) is 5.40. The third-order valence-corrected chi connectivity index (χ3v) is 6.92. The number of rotatable bonds is 4. The summed E-state index contributed by atoms with van der Waals surface area (Å²) in [5.41, 5.74) is 0.603. The summed E-state index contributed by atoms with van der Waals surface area (Å²) in [7, 11) is 0. The molecule has 0 N–H and O–H groups in total. The van der Waals surface area contributed by atoms with E-state index in [4.69, 9.17) is 9.15 Å². The number of piperazine rings is 1. The standard InChI is InChI=1S/C22H36N4O3/c1-17(2)15-24-9-11-25(12-10-24)19-4-13-29-22(14-19)5-7-26(8-6-22)21(27)20-18(3)23-16-28-20/h16-17,19H,4-15H2,1-3H3. The number of amides is 1. The van der Waals surface area contributed by atoms with E-state index in [1.807, 2.05) is 11.8 Å². The Morgan fingerprint density at radius 3 is 2.55 bits per heavy atom. The van der Waals surface area contributed by atoms with E-state index in [1.54, 1.807) is 0 Å². The fraction of sp³-hybridized carbons (Fsp3) is 0.818. The molecule has 1 aromatic heterocycles. The van der Waals surface area contributed by atoms with Crippen molar-refractivity contribution >= 4 is 5.91 Å². The second-order valence-electron chi connectivity index (χ2n) is 9.47. The van der Waals surface area contributed by atoms with Gasteiger partial charge in [0.2, 0.25) is 5.76 Å². The second-order valence-corrected chi connectivity index (χ2v) is 9.47. The van der Waals surface area contributed by atoms with Crippen molar-refractivity contribution in [3.63, 3.8) is 0 Å². The van der Waals surface area contributed by atoms with Gasteiger partial charge in [0.25, 0.3) is 5.91 Å². The van der Waals surface area contributed by atoms with Crippen LogP contribution in [0.15, 0.2) is 10.8 Å². The van der Waals surface area contributed by atoms with Gasteiger partial charge in [-0.3, -0.25) is 9.69 Å². The lowest BCUT2D eigenvalue weighted by atomic mass is 9.81. The first-order valence-electron chi connectivity index (χ1n) is 11.3. The van der Waals surface area contributed by atoms with Crippen LogP contribution in [0.4, 0.5) is 0 Å². The molecule has 0 saturated carbocycles. The average molecular weight is 405 g/mol. The molecule has 3 fully saturated rings. The van der Waals surface area contributed by atoms with E-state index in [0.29, 0.717) is 17.5 Å². The minimum absolute atomic E-state index is 0.0384. The Morgan fingerprint density at radius 2 is 1.93 bits per heavy atom. The van der Waals surface area contributed by atoms with E-state index >= 15 is 0 Å². The maximum Gasteiger partial charge on any atom is 0.291 e. The molecule has 1 spiro atoms. The molecular formula is C22H36N4O3. The van der Waals surface area contributed by atoms with Crippen LogP contribution in [-0.4, -0.2) is 89.7 Å². The number of ether oxygens (including phenoxy) is 1. The second kappa shape index (κ2) is 8.74. The van der Waals surface area contributed by atoms with Gasteiger partial charge in [-0.05, 0) is 38.5 Å². The van der Waals surface area contributed by atoms with E-state index < -0.39 is 0 Å². The van der Waals surface area contributed by atoms with Crippen molar-refractivity contribution in [3.8, 4) is 0 Å². The highest BCUT2D eigenvalue weighted by Crippen LogP contribution is 2.37. The minimum Gasteiger partial charge on any atom is -0.438 e. The zero-order valence-electron chi connectivity index (χ0n) is 18.2. The number of likely N-dealkylation sites (tertiary alicyclic amines) is 1. The molecule has 0 aliphatic carbocycles. The van der Waals surface area contributed by atoms with Crippen LogP contribution in [0.5, 0.6) is 0 Å². The Balaban J connectivity index is 1.30. The van der Waals surface area contributed by atoms with Crippen molar-refractivity contribution in [3.05, 3.63) is 17.8 Å². The van der Waals surface area contributed by atoms with E-state index in [-0.39, 0.29) is 11.5 Å². The highest BCUT2D eigenvalue weighted by Gasteiger charge is 2.43. The van der Waals surface area contributed by atoms with Crippen molar-refractivity contribution in [2.24, 2.45) is 5.92 Å². The number of aromatic nitrogens is 1. The summed E-state index contributed by atoms with van der Waals surface area (Å²) in [5.74, 6) is 1.08. The largest absolute Gasteiger partial charge is 0.438 e. The third-order valence-electron chi connectivity index (χ3n) is 6.92. The predicted octanol–water partition coefficient (Wildman–Crippen LogP) is 2.41. The van der Waals surface area contributed by atoms with E-state index in [2.05, 4.69) is 28.6 Å². The van der Waals surface area contributed by atoms with Gasteiger partial charge in [-0.15, -0.1) is 0 Å². The maximum absolute atomic E-state index is 12.7. The first-order valence-corrected chi connectivity index (χ1v) is 11.3. The van der Waals surface area contributed by atoms with Crippen LogP contribution in [0.1, 0.15) is 55.8 Å². The van der Waals surface area contributed by atoms with Crippen LogP contribution in [0.3, 0.4) is 0 Å². The molecule has 162 valence electrons. The lowest BCUT2D eigenvalue weighted by Gasteiger charge is -2.49. The zero-order valence-corrected chi connectivity index (χ0v) is 18.2. The first kappa shape index (κ1) is 20.8. The molecule has 1 unspecified atom stereocenters. The molecular weight excluding hydrogens is 368 g/mol. The van der Waals surface area contributed by atoms with Gasteiger partial charge < -0.3 is 19.0 Å². The van der Waals surface area contributed by atoms with Gasteiger partial charge >= 0.3 is 0 Å². The molecule has 0 radical (unpaired) electrons. The van der Waals surface area contributed by atoms with Crippen LogP contribution in [-0.2, 0) is 4.74 Å². The number of carbonyl (C=O) groups is 1. The van der Waals surface area contributed by atoms with Crippen molar-refractivity contribution in [1.29, 1.82) is 0 Å². The molecule has 3 saturated heterocycles. The van der Waals surface area contributed by atoms with Gasteiger partial charge in [-0.25, -0.2) is 4.98 Å². The monoisotopic (exact) mass is 404 g/mol. The van der Waals surface area contributed by atoms with E-state index in [0.717, 1.165) is 51.3 Å². The van der Waals surface area contributed by atoms with Gasteiger partial charge in [-0.2, -0.15) is 0 Å². The molecule has 7 nitrogen and oxygen atoms in total. The summed E-state index contributed by atoms with van der Waals surface area (Å²) in [4.78, 5) is 24.0. The quantitative estimate of drug-likeness (QED) is 0.768. The third kappa shape index (κ3) is 4.67. The Morgan fingerprint density at radius 1 is 1.21 bits per heavy atom. The topological polar surface area (TPSA) is 62.1 Å². The van der Waals surface area contributed by atoms with Crippen LogP contribution < -0.4 is 0 Å². The fourth-order valence-electron chi connectivity index (χ4n) is 5.26. The molecule has 7 heteroatoms. The number of oxazole rings is 1. The number of aryl methyl sites for hydroxylation is 1. The molecule has 1 atom stereocenters. The van der Waals surface area contributed by atoms with Crippen molar-refractivity contribution < 1.29 is 13.9 Å². The van der Waals surface area contributed by atoms with E-state index in [9.17, 15) is 4.79 Å². The van der Waals surface area contributed by atoms with Gasteiger partial charge in [0, 0.05) is 58.5 Å². The Kier molecular flexibility index (Phi) is 6.27. The Hall–Kier alpha value is -1.44. The van der Waals surface area contributed by atoms with Crippen LogP contribution in [0.2, 0.25) is 0 Å². The van der Waals surface area contributed by atoms with Crippen molar-refractivity contribution in [2.75, 3.05) is 52.4 Å². The Labute approximate surface area is 174 Å². The van der Waals surface area contributed by atoms with Crippen molar-refractivity contribution in [2.45, 2.75) is 58.1 Å². The van der Waals surface area contributed by atoms with Crippen molar-refractivity contribution in [1.82, 2.24) is 19.7 Å². The van der Waals surface area contributed by atoms with Gasteiger partial charge in [0.05, 0.1) is 11.3 Å². The summed E-state index contributed by atoms with van der Waals surface area (Å²) in [6, 6.07) is 0.615. The molecule has 0 bridgehead atoms. The smallest absolute Gasteiger partial charge is 0.291 e. The summed E-state index contributed by atoms with van der Waals surface area (Å²) >= 11 is 0. The Bertz CT molecular complexity index is 688. The molecule has 0 aromatic carbocycles. The SMILES string of the molecule is Cc1ncoc1C(=O)N1CCC2(CC1)CC(N1CCN(CC(C)C)CC1)CCO2. The van der Waals surface area contributed by atoms with Crippen LogP contribution >= 0.6 is 0 Å². The van der Waals surface area contributed by atoms with Gasteiger partial charge in [0.1, 0.15) is 0 Å². The summed E-state index contributed by atoms with van der Waals surface area (Å²) in [6.45, 7) is 14.6. The lowest BCUT2D eigenvalue weighted by molar-refractivity contribution is -0.132. The molecule has 4 heterocycles. The molecule has 4 rings (SSSR count). The minimum atomic E-state index is -0.0643. The molecule has 1 amide bonds. The van der Waals surface area contributed by atoms with Crippen LogP contribution in [0.25, 0.3) is 0 Å². The number of carbonyl (C=O) groups excluding carboxylic acids is 1. The zero-order chi connectivity index (χ0) is 20.4. The first-order chi connectivity index (χ1) is 14.0. The normalized spacial score (nSPS) is 26.3. The highest BCUT2D eigenvalue weighted by atomic mass is 16.5. The molecule has 29 heavy (non-hydrogen) atoms. The molecule has 1 aromatic rings. The number of hydrogen-bond donors (Lipinski definition) is 0. The molecule has 3 aliphatic heterocycles. The fourth-order valence-corrected chi connectivity index (χ4v) is 5.26. The highest BCUT2D eigenvalue weighted by molar-refractivity contribution is 5.92. The summed E-state index contributed by atoms with van der Waals surface area (Å²) in [5, 5.41) is 0. The number of hydrogen-bond acceptors (Lipinski definition) is 6. The van der Waals surface area contributed by atoms with E-state index in [1.165, 1.54) is 39.1 Å². The summed E-state index contributed by atoms with van der Waals surface area (Å²) < 4.78 is 11.6. The number of nitrogens with zero attached hydrogens (tertiary/aromatic N) is 4. The predicted molar refractivity (Wildman–Crippen MR) is 111 cm³/mol. The number of piperidine rings is 1. The van der Waals surface area contributed by atoms with Crippen LogP contribution in [0, 0.1) is 12.8 Å².